The minimum atomic E-state index is -1.77. The summed E-state index contributed by atoms with van der Waals surface area (Å²) in [5.41, 5.74) is 0.849. The fraction of sp³-hybridized carbons (Fsp3) is 0.333. The average Bonchev–Trinajstić information content (AvgIpc) is 3.18. The molecule has 0 radical (unpaired) electrons. The summed E-state index contributed by atoms with van der Waals surface area (Å²) < 4.78 is 13.5. The molecule has 0 unspecified atom stereocenters. The van der Waals surface area contributed by atoms with E-state index in [4.69, 9.17) is 0 Å². The molecule has 1 saturated carbocycles. The van der Waals surface area contributed by atoms with Gasteiger partial charge in [-0.2, -0.15) is 0 Å². The fourth-order valence-corrected chi connectivity index (χ4v) is 3.21. The van der Waals surface area contributed by atoms with E-state index < -0.39 is 12.9 Å². The van der Waals surface area contributed by atoms with Crippen molar-refractivity contribution < 1.29 is 14.4 Å². The second-order valence-electron chi connectivity index (χ2n) is 5.45. The van der Waals surface area contributed by atoms with Gasteiger partial charge in [0, 0.05) is 29.5 Å². The van der Waals surface area contributed by atoms with Gasteiger partial charge < -0.3 is 10.0 Å². The van der Waals surface area contributed by atoms with Crippen LogP contribution in [-0.2, 0) is 13.1 Å². The molecule has 0 saturated heterocycles. The summed E-state index contributed by atoms with van der Waals surface area (Å²) in [6.45, 7) is 1.58. The first-order valence-electron chi connectivity index (χ1n) is 7.04. The molecule has 1 aromatic heterocycles. The Morgan fingerprint density at radius 3 is 2.67 bits per heavy atom. The van der Waals surface area contributed by atoms with E-state index in [0.717, 1.165) is 12.1 Å². The molecule has 0 bridgehead atoms. The molecule has 1 fully saturated rings. The maximum absolute atomic E-state index is 13.5. The highest BCUT2D eigenvalue weighted by atomic mass is 32.1. The van der Waals surface area contributed by atoms with Gasteiger partial charge in [0.05, 0.1) is 0 Å². The lowest BCUT2D eigenvalue weighted by Gasteiger charge is -2.21. The van der Waals surface area contributed by atoms with Crippen LogP contribution in [-0.4, -0.2) is 28.1 Å². The van der Waals surface area contributed by atoms with E-state index in [1.54, 1.807) is 23.5 Å². The Balaban J connectivity index is 1.75. The van der Waals surface area contributed by atoms with Gasteiger partial charge in [0.25, 0.3) is 0 Å². The van der Waals surface area contributed by atoms with E-state index >= 15 is 0 Å². The molecule has 1 heterocycles. The minimum absolute atomic E-state index is 0.0561. The lowest BCUT2D eigenvalue weighted by molar-refractivity contribution is 0.248. The van der Waals surface area contributed by atoms with Gasteiger partial charge in [-0.1, -0.05) is 18.2 Å². The highest BCUT2D eigenvalue weighted by Crippen LogP contribution is 2.30. The SMILES string of the molecule is OB(O)c1cc(CN(Cc2cccs2)C2CC2)ccc1F. The smallest absolute Gasteiger partial charge is 0.423 e. The first kappa shape index (κ1) is 14.7. The van der Waals surface area contributed by atoms with Gasteiger partial charge in [0.15, 0.2) is 0 Å². The standard InChI is InChI=1S/C15H17BFNO2S/c17-15-6-3-11(8-14(15)16(19)20)9-18(12-4-5-12)10-13-2-1-7-21-13/h1-3,6-8,12,19-20H,4-5,9-10H2. The number of halogens is 1. The third-order valence-corrected chi connectivity index (χ3v) is 4.59. The van der Waals surface area contributed by atoms with Crippen molar-refractivity contribution in [3.8, 4) is 0 Å². The largest absolute Gasteiger partial charge is 0.491 e. The van der Waals surface area contributed by atoms with Gasteiger partial charge in [-0.15, -0.1) is 11.3 Å². The molecule has 2 aromatic rings. The summed E-state index contributed by atoms with van der Waals surface area (Å²) >= 11 is 1.74. The van der Waals surface area contributed by atoms with Crippen LogP contribution >= 0.6 is 11.3 Å². The molecule has 1 aliphatic carbocycles. The molecule has 1 aliphatic rings. The van der Waals surface area contributed by atoms with E-state index in [1.807, 2.05) is 6.07 Å². The zero-order valence-corrected chi connectivity index (χ0v) is 12.4. The molecule has 110 valence electrons. The zero-order chi connectivity index (χ0) is 14.8. The number of hydrogen-bond acceptors (Lipinski definition) is 4. The van der Waals surface area contributed by atoms with Crippen molar-refractivity contribution in [1.82, 2.24) is 4.90 Å². The highest BCUT2D eigenvalue weighted by Gasteiger charge is 2.29. The third kappa shape index (κ3) is 3.71. The van der Waals surface area contributed by atoms with Crippen LogP contribution < -0.4 is 5.46 Å². The summed E-state index contributed by atoms with van der Waals surface area (Å²) in [6, 6.07) is 9.31. The second kappa shape index (κ2) is 6.28. The molecule has 21 heavy (non-hydrogen) atoms. The van der Waals surface area contributed by atoms with Gasteiger partial charge in [0.2, 0.25) is 0 Å². The summed E-state index contributed by atoms with van der Waals surface area (Å²) in [4.78, 5) is 3.68. The lowest BCUT2D eigenvalue weighted by Crippen LogP contribution is -2.34. The van der Waals surface area contributed by atoms with Crippen molar-refractivity contribution in [2.24, 2.45) is 0 Å². The van der Waals surface area contributed by atoms with Gasteiger partial charge in [0.1, 0.15) is 5.82 Å². The van der Waals surface area contributed by atoms with Crippen LogP contribution in [0.5, 0.6) is 0 Å². The molecule has 0 spiro atoms. The predicted octanol–water partition coefficient (Wildman–Crippen LogP) is 1.73. The van der Waals surface area contributed by atoms with Crippen LogP contribution in [0.2, 0.25) is 0 Å². The Morgan fingerprint density at radius 1 is 1.24 bits per heavy atom. The lowest BCUT2D eigenvalue weighted by atomic mass is 9.79. The molecule has 6 heteroatoms. The first-order chi connectivity index (χ1) is 10.1. The average molecular weight is 305 g/mol. The number of hydrogen-bond donors (Lipinski definition) is 2. The molecule has 1 aromatic carbocycles. The summed E-state index contributed by atoms with van der Waals surface area (Å²) in [5.74, 6) is -0.579. The summed E-state index contributed by atoms with van der Waals surface area (Å²) in [6.07, 6.45) is 2.39. The van der Waals surface area contributed by atoms with Gasteiger partial charge in [-0.05, 0) is 35.9 Å². The van der Waals surface area contributed by atoms with Crippen molar-refractivity contribution in [3.05, 3.63) is 52.0 Å². The van der Waals surface area contributed by atoms with E-state index in [-0.39, 0.29) is 5.46 Å². The van der Waals surface area contributed by atoms with Crippen molar-refractivity contribution in [2.75, 3.05) is 0 Å². The van der Waals surface area contributed by atoms with E-state index in [2.05, 4.69) is 16.3 Å². The van der Waals surface area contributed by atoms with Gasteiger partial charge in [-0.25, -0.2) is 4.39 Å². The fourth-order valence-electron chi connectivity index (χ4n) is 2.48. The van der Waals surface area contributed by atoms with Crippen molar-refractivity contribution in [2.45, 2.75) is 32.0 Å². The highest BCUT2D eigenvalue weighted by molar-refractivity contribution is 7.09. The van der Waals surface area contributed by atoms with Crippen molar-refractivity contribution >= 4 is 23.9 Å². The number of benzene rings is 1. The zero-order valence-electron chi connectivity index (χ0n) is 11.6. The van der Waals surface area contributed by atoms with Crippen LogP contribution in [0.1, 0.15) is 23.3 Å². The van der Waals surface area contributed by atoms with Crippen LogP contribution in [0.25, 0.3) is 0 Å². The Kier molecular flexibility index (Phi) is 4.40. The minimum Gasteiger partial charge on any atom is -0.423 e. The molecule has 0 amide bonds. The van der Waals surface area contributed by atoms with Crippen LogP contribution in [0.3, 0.4) is 0 Å². The summed E-state index contributed by atoms with van der Waals surface area (Å²) in [5, 5.41) is 20.5. The van der Waals surface area contributed by atoms with E-state index in [1.165, 1.54) is 23.8 Å². The van der Waals surface area contributed by atoms with Crippen LogP contribution in [0, 0.1) is 5.82 Å². The van der Waals surface area contributed by atoms with E-state index in [0.29, 0.717) is 12.6 Å². The molecule has 0 atom stereocenters. The second-order valence-corrected chi connectivity index (χ2v) is 6.48. The normalized spacial score (nSPS) is 14.7. The molecule has 2 N–H and O–H groups in total. The van der Waals surface area contributed by atoms with Gasteiger partial charge in [-0.3, -0.25) is 4.90 Å². The molecular weight excluding hydrogens is 288 g/mol. The monoisotopic (exact) mass is 305 g/mol. The summed E-state index contributed by atoms with van der Waals surface area (Å²) in [7, 11) is -1.77. The maximum atomic E-state index is 13.5. The maximum Gasteiger partial charge on any atom is 0.491 e. The van der Waals surface area contributed by atoms with E-state index in [9.17, 15) is 14.4 Å². The Labute approximate surface area is 127 Å². The van der Waals surface area contributed by atoms with Crippen LogP contribution in [0.15, 0.2) is 35.7 Å². The van der Waals surface area contributed by atoms with Crippen molar-refractivity contribution in [3.63, 3.8) is 0 Å². The number of thiophene rings is 1. The van der Waals surface area contributed by atoms with Gasteiger partial charge >= 0.3 is 7.12 Å². The van der Waals surface area contributed by atoms with Crippen LogP contribution in [0.4, 0.5) is 4.39 Å². The first-order valence-corrected chi connectivity index (χ1v) is 7.92. The molecule has 3 nitrogen and oxygen atoms in total. The molecule has 0 aliphatic heterocycles. The third-order valence-electron chi connectivity index (χ3n) is 3.73. The molecular formula is C15H17BFNO2S. The Hall–Kier alpha value is -1.21. The predicted molar refractivity (Wildman–Crippen MR) is 82.8 cm³/mol. The quantitative estimate of drug-likeness (QED) is 0.799. The Morgan fingerprint density at radius 2 is 2.05 bits per heavy atom. The van der Waals surface area contributed by atoms with Crippen molar-refractivity contribution in [1.29, 1.82) is 0 Å². The Bertz CT molecular complexity index is 602. The molecule has 3 rings (SSSR count). The number of rotatable bonds is 6. The number of nitrogens with zero attached hydrogens (tertiary/aromatic N) is 1. The topological polar surface area (TPSA) is 43.7 Å².